The largest absolute Gasteiger partial charge is 0.493 e. The van der Waals surface area contributed by atoms with Crippen LogP contribution in [0.2, 0.25) is 0 Å². The average Bonchev–Trinajstić information content (AvgIpc) is 2.71. The number of methoxy groups -OCH3 is 2. The fraction of sp³-hybridized carbons (Fsp3) is 0.318. The summed E-state index contributed by atoms with van der Waals surface area (Å²) < 4.78 is 16.6. The summed E-state index contributed by atoms with van der Waals surface area (Å²) in [5, 5.41) is 4.59. The number of nitrogens with zero attached hydrogens (tertiary/aromatic N) is 1. The Morgan fingerprint density at radius 3 is 2.59 bits per heavy atom. The van der Waals surface area contributed by atoms with Gasteiger partial charge in [0.2, 0.25) is 0 Å². The summed E-state index contributed by atoms with van der Waals surface area (Å²) in [6, 6.07) is 16.3. The van der Waals surface area contributed by atoms with Gasteiger partial charge in [-0.05, 0) is 43.2 Å². The molecule has 2 aromatic carbocycles. The number of pyridine rings is 1. The van der Waals surface area contributed by atoms with E-state index in [1.165, 1.54) is 5.56 Å². The number of fused-ring (bicyclic) bond motifs is 1. The van der Waals surface area contributed by atoms with Crippen LogP contribution in [0.4, 0.5) is 0 Å². The molecule has 0 saturated heterocycles. The summed E-state index contributed by atoms with van der Waals surface area (Å²) in [5.74, 6) is 2.33. The molecule has 27 heavy (non-hydrogen) atoms. The summed E-state index contributed by atoms with van der Waals surface area (Å²) in [6.07, 6.45) is 2.69. The van der Waals surface area contributed by atoms with E-state index >= 15 is 0 Å². The van der Waals surface area contributed by atoms with Gasteiger partial charge in [-0.1, -0.05) is 24.3 Å². The first-order valence-electron chi connectivity index (χ1n) is 9.12. The summed E-state index contributed by atoms with van der Waals surface area (Å²) in [6.45, 7) is 3.51. The van der Waals surface area contributed by atoms with Crippen molar-refractivity contribution < 1.29 is 14.2 Å². The Balaban J connectivity index is 1.49. The standard InChI is InChI=1S/C22H26N2O3/c1-16(14-17-9-10-19(25-2)21(15-17)26-3)23-12-13-27-20-8-4-6-18-7-5-11-24-22(18)20/h4-11,15-16,23H,12-14H2,1-3H3. The van der Waals surface area contributed by atoms with Crippen LogP contribution in [0.3, 0.4) is 0 Å². The minimum absolute atomic E-state index is 0.317. The number of hydrogen-bond donors (Lipinski definition) is 1. The fourth-order valence-electron chi connectivity index (χ4n) is 3.09. The molecule has 0 amide bonds. The van der Waals surface area contributed by atoms with E-state index in [4.69, 9.17) is 14.2 Å². The molecule has 5 nitrogen and oxygen atoms in total. The zero-order chi connectivity index (χ0) is 19.1. The lowest BCUT2D eigenvalue weighted by Gasteiger charge is -2.16. The van der Waals surface area contributed by atoms with Crippen LogP contribution in [0.15, 0.2) is 54.7 Å². The van der Waals surface area contributed by atoms with E-state index in [-0.39, 0.29) is 0 Å². The number of hydrogen-bond acceptors (Lipinski definition) is 5. The fourth-order valence-corrected chi connectivity index (χ4v) is 3.09. The number of aromatic nitrogens is 1. The SMILES string of the molecule is COc1ccc(CC(C)NCCOc2cccc3cccnc23)cc1OC. The highest BCUT2D eigenvalue weighted by atomic mass is 16.5. The Bertz CT molecular complexity index is 877. The van der Waals surface area contributed by atoms with Crippen molar-refractivity contribution in [3.63, 3.8) is 0 Å². The molecule has 1 atom stereocenters. The smallest absolute Gasteiger partial charge is 0.160 e. The highest BCUT2D eigenvalue weighted by molar-refractivity contribution is 5.84. The Morgan fingerprint density at radius 1 is 0.963 bits per heavy atom. The van der Waals surface area contributed by atoms with Gasteiger partial charge in [0.15, 0.2) is 11.5 Å². The van der Waals surface area contributed by atoms with Crippen molar-refractivity contribution >= 4 is 10.9 Å². The summed E-state index contributed by atoms with van der Waals surface area (Å²) >= 11 is 0. The van der Waals surface area contributed by atoms with Crippen molar-refractivity contribution in [1.29, 1.82) is 0 Å². The molecule has 0 spiro atoms. The van der Waals surface area contributed by atoms with Gasteiger partial charge in [0.05, 0.1) is 14.2 Å². The average molecular weight is 366 g/mol. The van der Waals surface area contributed by atoms with Crippen LogP contribution in [-0.4, -0.2) is 38.4 Å². The number of para-hydroxylation sites is 1. The van der Waals surface area contributed by atoms with Gasteiger partial charge in [-0.25, -0.2) is 0 Å². The minimum Gasteiger partial charge on any atom is -0.493 e. The lowest BCUT2D eigenvalue weighted by Crippen LogP contribution is -2.31. The number of nitrogens with one attached hydrogen (secondary N) is 1. The van der Waals surface area contributed by atoms with E-state index in [9.17, 15) is 0 Å². The predicted octanol–water partition coefficient (Wildman–Crippen LogP) is 3.85. The predicted molar refractivity (Wildman–Crippen MR) is 108 cm³/mol. The molecule has 5 heteroatoms. The molecular formula is C22H26N2O3. The van der Waals surface area contributed by atoms with Gasteiger partial charge in [0, 0.05) is 24.2 Å². The second-order valence-electron chi connectivity index (χ2n) is 6.43. The molecule has 0 aliphatic heterocycles. The van der Waals surface area contributed by atoms with Gasteiger partial charge in [-0.2, -0.15) is 0 Å². The molecule has 0 radical (unpaired) electrons. The third-order valence-corrected chi connectivity index (χ3v) is 4.44. The van der Waals surface area contributed by atoms with E-state index in [1.54, 1.807) is 20.4 Å². The second kappa shape index (κ2) is 9.24. The van der Waals surface area contributed by atoms with Crippen molar-refractivity contribution in [1.82, 2.24) is 10.3 Å². The zero-order valence-corrected chi connectivity index (χ0v) is 16.1. The lowest BCUT2D eigenvalue weighted by molar-refractivity contribution is 0.309. The maximum Gasteiger partial charge on any atom is 0.160 e. The van der Waals surface area contributed by atoms with Crippen LogP contribution in [0, 0.1) is 0 Å². The van der Waals surface area contributed by atoms with Crippen LogP contribution >= 0.6 is 0 Å². The quantitative estimate of drug-likeness (QED) is 0.583. The van der Waals surface area contributed by atoms with Crippen LogP contribution in [-0.2, 0) is 6.42 Å². The Morgan fingerprint density at radius 2 is 1.78 bits per heavy atom. The van der Waals surface area contributed by atoms with Gasteiger partial charge >= 0.3 is 0 Å². The zero-order valence-electron chi connectivity index (χ0n) is 16.1. The first-order valence-corrected chi connectivity index (χ1v) is 9.12. The maximum atomic E-state index is 5.93. The van der Waals surface area contributed by atoms with Crippen molar-refractivity contribution in [2.75, 3.05) is 27.4 Å². The first-order chi connectivity index (χ1) is 13.2. The first kappa shape index (κ1) is 19.0. The third-order valence-electron chi connectivity index (χ3n) is 4.44. The normalized spacial score (nSPS) is 12.0. The summed E-state index contributed by atoms with van der Waals surface area (Å²) in [5.41, 5.74) is 2.10. The van der Waals surface area contributed by atoms with Crippen LogP contribution in [0.5, 0.6) is 17.2 Å². The van der Waals surface area contributed by atoms with E-state index in [0.717, 1.165) is 41.1 Å². The van der Waals surface area contributed by atoms with Crippen molar-refractivity contribution in [3.05, 3.63) is 60.3 Å². The minimum atomic E-state index is 0.317. The molecule has 3 aromatic rings. The summed E-state index contributed by atoms with van der Waals surface area (Å²) in [7, 11) is 3.30. The Hall–Kier alpha value is -2.79. The molecule has 3 rings (SSSR count). The van der Waals surface area contributed by atoms with Gasteiger partial charge in [0.25, 0.3) is 0 Å². The summed E-state index contributed by atoms with van der Waals surface area (Å²) in [4.78, 5) is 4.41. The number of rotatable bonds is 9. The molecule has 1 heterocycles. The number of ether oxygens (including phenoxy) is 3. The highest BCUT2D eigenvalue weighted by Gasteiger charge is 2.08. The maximum absolute atomic E-state index is 5.93. The molecule has 1 unspecified atom stereocenters. The Labute approximate surface area is 160 Å². The second-order valence-corrected chi connectivity index (χ2v) is 6.43. The van der Waals surface area contributed by atoms with Crippen LogP contribution < -0.4 is 19.5 Å². The monoisotopic (exact) mass is 366 g/mol. The molecule has 0 fully saturated rings. The topological polar surface area (TPSA) is 52.6 Å². The molecular weight excluding hydrogens is 340 g/mol. The lowest BCUT2D eigenvalue weighted by atomic mass is 10.1. The highest BCUT2D eigenvalue weighted by Crippen LogP contribution is 2.28. The van der Waals surface area contributed by atoms with Crippen molar-refractivity contribution in [2.24, 2.45) is 0 Å². The molecule has 1 aromatic heterocycles. The molecule has 0 bridgehead atoms. The van der Waals surface area contributed by atoms with Gasteiger partial charge in [-0.15, -0.1) is 0 Å². The van der Waals surface area contributed by atoms with E-state index < -0.39 is 0 Å². The van der Waals surface area contributed by atoms with E-state index in [0.29, 0.717) is 12.6 Å². The molecule has 0 saturated carbocycles. The van der Waals surface area contributed by atoms with Crippen molar-refractivity contribution in [2.45, 2.75) is 19.4 Å². The Kier molecular flexibility index (Phi) is 6.49. The molecule has 0 aliphatic rings. The van der Waals surface area contributed by atoms with Gasteiger partial charge in [0.1, 0.15) is 17.9 Å². The van der Waals surface area contributed by atoms with E-state index in [1.807, 2.05) is 42.5 Å². The van der Waals surface area contributed by atoms with Crippen LogP contribution in [0.25, 0.3) is 10.9 Å². The molecule has 1 N–H and O–H groups in total. The molecule has 142 valence electrons. The third kappa shape index (κ3) is 4.89. The van der Waals surface area contributed by atoms with Gasteiger partial charge < -0.3 is 19.5 Å². The van der Waals surface area contributed by atoms with Crippen molar-refractivity contribution in [3.8, 4) is 17.2 Å². The van der Waals surface area contributed by atoms with E-state index in [2.05, 4.69) is 23.3 Å². The van der Waals surface area contributed by atoms with Gasteiger partial charge in [-0.3, -0.25) is 4.98 Å². The molecule has 0 aliphatic carbocycles. The number of benzene rings is 2. The van der Waals surface area contributed by atoms with Crippen LogP contribution in [0.1, 0.15) is 12.5 Å².